The Balaban J connectivity index is 1.54. The third-order valence-corrected chi connectivity index (χ3v) is 4.52. The number of nitrogens with one attached hydrogen (secondary N) is 2. The number of rotatable bonds is 8. The summed E-state index contributed by atoms with van der Waals surface area (Å²) in [6.07, 6.45) is 0.0842. The van der Waals surface area contributed by atoms with Crippen LogP contribution >= 0.6 is 0 Å². The van der Waals surface area contributed by atoms with E-state index in [9.17, 15) is 9.59 Å². The van der Waals surface area contributed by atoms with Gasteiger partial charge < -0.3 is 20.3 Å². The van der Waals surface area contributed by atoms with Crippen LogP contribution in [0.1, 0.15) is 24.2 Å². The summed E-state index contributed by atoms with van der Waals surface area (Å²) in [5, 5.41) is 5.92. The molecule has 6 heteroatoms. The van der Waals surface area contributed by atoms with E-state index in [4.69, 9.17) is 4.74 Å². The summed E-state index contributed by atoms with van der Waals surface area (Å²) in [6, 6.07) is 23.8. The first-order valence-electron chi connectivity index (χ1n) is 10.2. The third-order valence-electron chi connectivity index (χ3n) is 4.52. The van der Waals surface area contributed by atoms with Crippen molar-refractivity contribution in [3.8, 4) is 5.75 Å². The number of anilines is 3. The van der Waals surface area contributed by atoms with Crippen LogP contribution in [0.5, 0.6) is 5.75 Å². The summed E-state index contributed by atoms with van der Waals surface area (Å²) in [5.41, 5.74) is 2.80. The van der Waals surface area contributed by atoms with E-state index in [0.717, 1.165) is 17.1 Å². The van der Waals surface area contributed by atoms with Gasteiger partial charge in [-0.2, -0.15) is 0 Å². The number of hydrogen-bond donors (Lipinski definition) is 2. The Hall–Kier alpha value is -3.80. The fourth-order valence-electron chi connectivity index (χ4n) is 3.00. The van der Waals surface area contributed by atoms with Crippen LogP contribution in [-0.4, -0.2) is 31.5 Å². The molecular formula is C25H27N3O3. The monoisotopic (exact) mass is 417 g/mol. The zero-order valence-electron chi connectivity index (χ0n) is 18.0. The van der Waals surface area contributed by atoms with Gasteiger partial charge in [-0.25, -0.2) is 0 Å². The SMILES string of the molecule is CC(C)Oc1cccc(NCC(=O)Nc2ccc(C(=O)N(C)c3ccccc3)cc2)c1. The van der Waals surface area contributed by atoms with Crippen molar-refractivity contribution in [2.75, 3.05) is 29.1 Å². The Bertz CT molecular complexity index is 1020. The number of amides is 2. The average Bonchev–Trinajstić information content (AvgIpc) is 2.78. The first kappa shape index (κ1) is 21.9. The highest BCUT2D eigenvalue weighted by molar-refractivity contribution is 6.06. The number of nitrogens with zero attached hydrogens (tertiary/aromatic N) is 1. The van der Waals surface area contributed by atoms with E-state index < -0.39 is 0 Å². The molecule has 3 aromatic rings. The Morgan fingerprint density at radius 1 is 0.903 bits per heavy atom. The van der Waals surface area contributed by atoms with Gasteiger partial charge in [0.05, 0.1) is 12.6 Å². The van der Waals surface area contributed by atoms with Crippen LogP contribution in [0.4, 0.5) is 17.1 Å². The number of ether oxygens (including phenoxy) is 1. The summed E-state index contributed by atoms with van der Waals surface area (Å²) < 4.78 is 5.66. The molecule has 2 amide bonds. The lowest BCUT2D eigenvalue weighted by molar-refractivity contribution is -0.114. The van der Waals surface area contributed by atoms with Crippen molar-refractivity contribution in [1.82, 2.24) is 0 Å². The molecule has 0 aliphatic rings. The molecule has 3 aromatic carbocycles. The quantitative estimate of drug-likeness (QED) is 0.552. The number of para-hydroxylation sites is 1. The molecule has 0 aromatic heterocycles. The van der Waals surface area contributed by atoms with Crippen molar-refractivity contribution in [3.05, 3.63) is 84.4 Å². The second-order valence-electron chi connectivity index (χ2n) is 7.37. The molecule has 0 saturated heterocycles. The van der Waals surface area contributed by atoms with Gasteiger partial charge in [-0.3, -0.25) is 9.59 Å². The van der Waals surface area contributed by atoms with Crippen LogP contribution in [0.25, 0.3) is 0 Å². The lowest BCUT2D eigenvalue weighted by atomic mass is 10.1. The molecule has 0 saturated carbocycles. The van der Waals surface area contributed by atoms with Crippen LogP contribution in [0.2, 0.25) is 0 Å². The molecule has 0 unspecified atom stereocenters. The maximum absolute atomic E-state index is 12.7. The van der Waals surface area contributed by atoms with Crippen LogP contribution in [0.15, 0.2) is 78.9 Å². The Morgan fingerprint density at radius 2 is 1.61 bits per heavy atom. The Morgan fingerprint density at radius 3 is 2.29 bits per heavy atom. The summed E-state index contributed by atoms with van der Waals surface area (Å²) in [4.78, 5) is 26.5. The first-order chi connectivity index (χ1) is 14.9. The predicted molar refractivity (Wildman–Crippen MR) is 125 cm³/mol. The van der Waals surface area contributed by atoms with E-state index in [0.29, 0.717) is 11.3 Å². The lowest BCUT2D eigenvalue weighted by Crippen LogP contribution is -2.26. The molecular weight excluding hydrogens is 390 g/mol. The molecule has 6 nitrogen and oxygen atoms in total. The highest BCUT2D eigenvalue weighted by Gasteiger charge is 2.13. The standard InChI is InChI=1S/C25H27N3O3/c1-18(2)31-23-11-7-8-21(16-23)26-17-24(29)27-20-14-12-19(13-15-20)25(30)28(3)22-9-5-4-6-10-22/h4-16,18,26H,17H2,1-3H3,(H,27,29). The Labute approximate surface area is 182 Å². The van der Waals surface area contributed by atoms with Crippen molar-refractivity contribution in [3.63, 3.8) is 0 Å². The minimum absolute atomic E-state index is 0.0842. The van der Waals surface area contributed by atoms with Crippen LogP contribution in [0.3, 0.4) is 0 Å². The average molecular weight is 418 g/mol. The van der Waals surface area contributed by atoms with Crippen LogP contribution in [-0.2, 0) is 4.79 Å². The molecule has 0 fully saturated rings. The zero-order valence-corrected chi connectivity index (χ0v) is 18.0. The Kier molecular flexibility index (Phi) is 7.27. The fourth-order valence-corrected chi connectivity index (χ4v) is 3.00. The van der Waals surface area contributed by atoms with E-state index >= 15 is 0 Å². The maximum atomic E-state index is 12.7. The van der Waals surface area contributed by atoms with E-state index in [1.54, 1.807) is 36.2 Å². The summed E-state index contributed by atoms with van der Waals surface area (Å²) >= 11 is 0. The van der Waals surface area contributed by atoms with Crippen molar-refractivity contribution in [1.29, 1.82) is 0 Å². The number of carbonyl (C=O) groups is 2. The third kappa shape index (κ3) is 6.34. The van der Waals surface area contributed by atoms with Gasteiger partial charge in [0.1, 0.15) is 5.75 Å². The molecule has 0 bridgehead atoms. The van der Waals surface area contributed by atoms with Gasteiger partial charge in [0.25, 0.3) is 5.91 Å². The minimum atomic E-state index is -0.185. The predicted octanol–water partition coefficient (Wildman–Crippen LogP) is 4.80. The van der Waals surface area contributed by atoms with E-state index in [2.05, 4.69) is 10.6 Å². The van der Waals surface area contributed by atoms with Gasteiger partial charge in [-0.05, 0) is 62.4 Å². The first-order valence-corrected chi connectivity index (χ1v) is 10.2. The van der Waals surface area contributed by atoms with Gasteiger partial charge >= 0.3 is 0 Å². The van der Waals surface area contributed by atoms with Crippen molar-refractivity contribution in [2.45, 2.75) is 20.0 Å². The highest BCUT2D eigenvalue weighted by Crippen LogP contribution is 2.19. The molecule has 0 atom stereocenters. The van der Waals surface area contributed by atoms with Gasteiger partial charge in [-0.15, -0.1) is 0 Å². The molecule has 160 valence electrons. The van der Waals surface area contributed by atoms with Crippen LogP contribution < -0.4 is 20.3 Å². The highest BCUT2D eigenvalue weighted by atomic mass is 16.5. The minimum Gasteiger partial charge on any atom is -0.491 e. The van der Waals surface area contributed by atoms with Gasteiger partial charge in [0.2, 0.25) is 5.91 Å². The molecule has 0 radical (unpaired) electrons. The van der Waals surface area contributed by atoms with Gasteiger partial charge in [0, 0.05) is 35.7 Å². The van der Waals surface area contributed by atoms with Gasteiger partial charge in [-0.1, -0.05) is 24.3 Å². The van der Waals surface area contributed by atoms with Crippen molar-refractivity contribution >= 4 is 28.9 Å². The summed E-state index contributed by atoms with van der Waals surface area (Å²) in [5.74, 6) is 0.450. The van der Waals surface area contributed by atoms with Crippen molar-refractivity contribution < 1.29 is 14.3 Å². The fraction of sp³-hybridized carbons (Fsp3) is 0.200. The summed E-state index contributed by atoms with van der Waals surface area (Å²) in [7, 11) is 1.74. The largest absolute Gasteiger partial charge is 0.491 e. The topological polar surface area (TPSA) is 70.7 Å². The van der Waals surface area contributed by atoms with Crippen molar-refractivity contribution in [2.24, 2.45) is 0 Å². The van der Waals surface area contributed by atoms with E-state index in [1.165, 1.54) is 0 Å². The number of hydrogen-bond acceptors (Lipinski definition) is 4. The molecule has 0 heterocycles. The maximum Gasteiger partial charge on any atom is 0.258 e. The molecule has 2 N–H and O–H groups in total. The lowest BCUT2D eigenvalue weighted by Gasteiger charge is -2.17. The molecule has 0 aliphatic carbocycles. The number of carbonyl (C=O) groups excluding carboxylic acids is 2. The second-order valence-corrected chi connectivity index (χ2v) is 7.37. The van der Waals surface area contributed by atoms with Gasteiger partial charge in [0.15, 0.2) is 0 Å². The second kappa shape index (κ2) is 10.3. The van der Waals surface area contributed by atoms with E-state index in [1.807, 2.05) is 68.4 Å². The zero-order chi connectivity index (χ0) is 22.2. The normalized spacial score (nSPS) is 10.5. The number of benzene rings is 3. The molecule has 31 heavy (non-hydrogen) atoms. The smallest absolute Gasteiger partial charge is 0.258 e. The van der Waals surface area contributed by atoms with Crippen LogP contribution in [0, 0.1) is 0 Å². The molecule has 3 rings (SSSR count). The summed E-state index contributed by atoms with van der Waals surface area (Å²) in [6.45, 7) is 4.04. The van der Waals surface area contributed by atoms with E-state index in [-0.39, 0.29) is 24.5 Å². The molecule has 0 spiro atoms. The molecule has 0 aliphatic heterocycles.